The fraction of sp³-hybridized carbons (Fsp3) is 0.207. The van der Waals surface area contributed by atoms with Gasteiger partial charge in [0.15, 0.2) is 5.78 Å². The summed E-state index contributed by atoms with van der Waals surface area (Å²) in [6.07, 6.45) is 5.15. The number of piperidine rings is 1. The summed E-state index contributed by atoms with van der Waals surface area (Å²) in [6.45, 7) is 1.87. The topological polar surface area (TPSA) is 106 Å². The Morgan fingerprint density at radius 1 is 1.18 bits per heavy atom. The van der Waals surface area contributed by atoms with Gasteiger partial charge in [0.1, 0.15) is 11.5 Å². The third-order valence-corrected chi connectivity index (χ3v) is 9.46. The van der Waals surface area contributed by atoms with Crippen molar-refractivity contribution in [2.45, 2.75) is 24.7 Å². The third kappa shape index (κ3) is 5.05. The van der Waals surface area contributed by atoms with Crippen molar-refractivity contribution < 1.29 is 17.6 Å². The van der Waals surface area contributed by atoms with Gasteiger partial charge in [0.2, 0.25) is 10.0 Å². The average molecular weight is 565 g/mol. The quantitative estimate of drug-likeness (QED) is 0.418. The number of aliphatic imine (C=N–C) groups is 1. The fourth-order valence-electron chi connectivity index (χ4n) is 5.05. The number of rotatable bonds is 5. The molecule has 0 radical (unpaired) electrons. The highest BCUT2D eigenvalue weighted by Crippen LogP contribution is 2.47. The van der Waals surface area contributed by atoms with Crippen LogP contribution < -0.4 is 5.73 Å². The molecule has 0 amide bonds. The number of benzene rings is 2. The molecule has 0 spiro atoms. The molecule has 1 aromatic heterocycles. The number of nitrogens with zero attached hydrogens (tertiary/aromatic N) is 3. The molecule has 7 nitrogen and oxygen atoms in total. The first-order chi connectivity index (χ1) is 18.6. The van der Waals surface area contributed by atoms with Crippen LogP contribution in [0.3, 0.4) is 0 Å². The van der Waals surface area contributed by atoms with Gasteiger partial charge in [-0.05, 0) is 91.7 Å². The molecule has 2 aliphatic rings. The summed E-state index contributed by atoms with van der Waals surface area (Å²) >= 11 is 6.25. The van der Waals surface area contributed by atoms with E-state index in [1.165, 1.54) is 41.0 Å². The van der Waals surface area contributed by atoms with Gasteiger partial charge in [-0.1, -0.05) is 29.3 Å². The summed E-state index contributed by atoms with van der Waals surface area (Å²) in [7, 11) is -3.96. The summed E-state index contributed by atoms with van der Waals surface area (Å²) in [6, 6.07) is 15.4. The molecule has 3 aromatic rings. The number of hydrogen-bond donors (Lipinski definition) is 1. The molecule has 200 valence electrons. The van der Waals surface area contributed by atoms with Gasteiger partial charge in [-0.3, -0.25) is 9.78 Å². The second kappa shape index (κ2) is 10.5. The Balaban J connectivity index is 1.61. The Morgan fingerprint density at radius 2 is 1.95 bits per heavy atom. The average Bonchev–Trinajstić information content (AvgIpc) is 2.95. The van der Waals surface area contributed by atoms with Crippen LogP contribution in [0.4, 0.5) is 10.1 Å². The minimum atomic E-state index is -3.96. The lowest BCUT2D eigenvalue weighted by Crippen LogP contribution is -2.53. The highest BCUT2D eigenvalue weighted by molar-refractivity contribution is 7.89. The van der Waals surface area contributed by atoms with Gasteiger partial charge in [0.05, 0.1) is 21.7 Å². The summed E-state index contributed by atoms with van der Waals surface area (Å²) in [5, 5.41) is 0.348. The van der Waals surface area contributed by atoms with E-state index in [4.69, 9.17) is 17.3 Å². The zero-order valence-electron chi connectivity index (χ0n) is 21.1. The lowest BCUT2D eigenvalue weighted by molar-refractivity contribution is 0.0770. The van der Waals surface area contributed by atoms with Crippen LogP contribution >= 0.6 is 11.6 Å². The molecule has 39 heavy (non-hydrogen) atoms. The first kappa shape index (κ1) is 26.9. The van der Waals surface area contributed by atoms with Gasteiger partial charge in [-0.15, -0.1) is 0 Å². The Bertz CT molecular complexity index is 1640. The number of halogens is 2. The van der Waals surface area contributed by atoms with Gasteiger partial charge < -0.3 is 5.73 Å². The van der Waals surface area contributed by atoms with E-state index in [-0.39, 0.29) is 41.7 Å². The molecule has 0 bridgehead atoms. The van der Waals surface area contributed by atoms with Crippen LogP contribution in [0.5, 0.6) is 0 Å². The molecule has 1 saturated heterocycles. The van der Waals surface area contributed by atoms with E-state index in [1.54, 1.807) is 49.4 Å². The van der Waals surface area contributed by atoms with Crippen LogP contribution in [-0.4, -0.2) is 42.3 Å². The predicted octanol–water partition coefficient (Wildman–Crippen LogP) is 5.39. The predicted molar refractivity (Wildman–Crippen MR) is 149 cm³/mol. The summed E-state index contributed by atoms with van der Waals surface area (Å²) in [5.41, 5.74) is 8.19. The molecule has 1 aliphatic heterocycles. The number of allylic oxidation sites excluding steroid dienone is 2. The molecule has 1 aliphatic carbocycles. The van der Waals surface area contributed by atoms with Gasteiger partial charge in [-0.2, -0.15) is 4.31 Å². The lowest BCUT2D eigenvalue weighted by atomic mass is 9.64. The van der Waals surface area contributed by atoms with Crippen molar-refractivity contribution >= 4 is 38.8 Å². The monoisotopic (exact) mass is 564 g/mol. The Hall–Kier alpha value is -3.66. The largest absolute Gasteiger partial charge is 0.404 e. The van der Waals surface area contributed by atoms with E-state index in [2.05, 4.69) is 9.98 Å². The number of hydrogen-bond acceptors (Lipinski definition) is 6. The number of sulfonamides is 1. The molecule has 10 heteroatoms. The van der Waals surface area contributed by atoms with E-state index >= 15 is 0 Å². The molecule has 2 N–H and O–H groups in total. The SMILES string of the molecule is Cc1ccc(S(=O)(=O)N2CCC3=CC(=Nc4ccc(F)cc4)C(=CN)C[C@]3(C(=O)c3ccccn3)C2)cc1Cl. The van der Waals surface area contributed by atoms with Gasteiger partial charge in [0, 0.05) is 24.3 Å². The van der Waals surface area contributed by atoms with Crippen molar-refractivity contribution in [3.8, 4) is 0 Å². The van der Waals surface area contributed by atoms with Gasteiger partial charge in [-0.25, -0.2) is 17.8 Å². The van der Waals surface area contributed by atoms with Crippen molar-refractivity contribution in [2.75, 3.05) is 13.1 Å². The molecule has 2 heterocycles. The molecule has 1 atom stereocenters. The van der Waals surface area contributed by atoms with E-state index < -0.39 is 15.4 Å². The molecule has 2 aromatic carbocycles. The Morgan fingerprint density at radius 3 is 2.62 bits per heavy atom. The summed E-state index contributed by atoms with van der Waals surface area (Å²) in [4.78, 5) is 23.1. The smallest absolute Gasteiger partial charge is 0.243 e. The van der Waals surface area contributed by atoms with Crippen molar-refractivity contribution in [3.05, 3.63) is 112 Å². The molecule has 0 unspecified atom stereocenters. The maximum Gasteiger partial charge on any atom is 0.243 e. The lowest BCUT2D eigenvalue weighted by Gasteiger charge is -2.45. The number of fused-ring (bicyclic) bond motifs is 1. The first-order valence-corrected chi connectivity index (χ1v) is 14.1. The number of pyridine rings is 1. The normalized spacial score (nSPS) is 22.0. The molecular weight excluding hydrogens is 539 g/mol. The van der Waals surface area contributed by atoms with E-state index in [9.17, 15) is 17.6 Å². The van der Waals surface area contributed by atoms with Crippen molar-refractivity contribution in [2.24, 2.45) is 16.1 Å². The van der Waals surface area contributed by atoms with Crippen LogP contribution in [0, 0.1) is 18.2 Å². The second-order valence-corrected chi connectivity index (χ2v) is 12.0. The highest BCUT2D eigenvalue weighted by Gasteiger charge is 2.51. The number of ketones is 1. The molecular formula is C29H26ClFN4O3S. The van der Waals surface area contributed by atoms with Crippen molar-refractivity contribution in [3.63, 3.8) is 0 Å². The van der Waals surface area contributed by atoms with Gasteiger partial charge in [0.25, 0.3) is 0 Å². The first-order valence-electron chi connectivity index (χ1n) is 12.3. The number of aromatic nitrogens is 1. The molecule has 0 saturated carbocycles. The van der Waals surface area contributed by atoms with Crippen LogP contribution in [0.2, 0.25) is 5.02 Å². The summed E-state index contributed by atoms with van der Waals surface area (Å²) < 4.78 is 42.2. The standard InChI is InChI=1S/C29H26ClFN4O3S/c1-19-5-10-24(15-25(19)30)39(37,38)35-13-11-21-14-27(34-23-8-6-22(31)7-9-23)20(17-32)16-29(21,18-35)28(36)26-4-2-3-12-33-26/h2-10,12,14-15,17H,11,13,16,18,32H2,1H3/t29-/m0/s1. The number of carbonyl (C=O) groups excluding carboxylic acids is 1. The summed E-state index contributed by atoms with van der Waals surface area (Å²) in [5.74, 6) is -0.671. The van der Waals surface area contributed by atoms with Crippen LogP contribution in [0.15, 0.2) is 100 Å². The van der Waals surface area contributed by atoms with Gasteiger partial charge >= 0.3 is 0 Å². The highest BCUT2D eigenvalue weighted by atomic mass is 35.5. The van der Waals surface area contributed by atoms with Crippen LogP contribution in [0.1, 0.15) is 28.9 Å². The van der Waals surface area contributed by atoms with E-state index in [0.717, 1.165) is 11.1 Å². The number of nitrogens with two attached hydrogens (primary N) is 1. The number of aryl methyl sites for hydroxylation is 1. The van der Waals surface area contributed by atoms with Crippen molar-refractivity contribution in [1.29, 1.82) is 0 Å². The van der Waals surface area contributed by atoms with Crippen molar-refractivity contribution in [1.82, 2.24) is 9.29 Å². The minimum Gasteiger partial charge on any atom is -0.404 e. The van der Waals surface area contributed by atoms with E-state index in [0.29, 0.717) is 28.4 Å². The maximum absolute atomic E-state index is 14.1. The zero-order chi connectivity index (χ0) is 27.8. The number of Topliss-reactive ketones (excluding diaryl/α,β-unsaturated/α-hetero) is 1. The fourth-order valence-corrected chi connectivity index (χ4v) is 6.82. The minimum absolute atomic E-state index is 0.0647. The number of carbonyl (C=O) groups is 1. The Kier molecular flexibility index (Phi) is 7.24. The van der Waals surface area contributed by atoms with Crippen LogP contribution in [-0.2, 0) is 10.0 Å². The zero-order valence-corrected chi connectivity index (χ0v) is 22.7. The Labute approximate surface area is 231 Å². The van der Waals surface area contributed by atoms with Crippen LogP contribution in [0.25, 0.3) is 0 Å². The second-order valence-electron chi connectivity index (χ2n) is 9.64. The molecule has 1 fully saturated rings. The third-order valence-electron chi connectivity index (χ3n) is 7.21. The van der Waals surface area contributed by atoms with E-state index in [1.807, 2.05) is 0 Å². The maximum atomic E-state index is 14.1. The molecule has 5 rings (SSSR count).